The molecule has 7 nitrogen and oxygen atoms in total. The Balaban J connectivity index is 1.42. The number of nitrogens with zero attached hydrogens (tertiary/aromatic N) is 4. The summed E-state index contributed by atoms with van der Waals surface area (Å²) in [7, 11) is 1.76. The fourth-order valence-corrected chi connectivity index (χ4v) is 3.19. The van der Waals surface area contributed by atoms with Gasteiger partial charge in [-0.25, -0.2) is 4.98 Å². The van der Waals surface area contributed by atoms with E-state index in [1.54, 1.807) is 59.2 Å². The number of halogens is 1. The number of carbonyl (C=O) groups is 2. The number of hydrogen-bond acceptors (Lipinski definition) is 4. The number of rotatable bonds is 6. The highest BCUT2D eigenvalue weighted by molar-refractivity contribution is 6.31. The lowest BCUT2D eigenvalue weighted by molar-refractivity contribution is 0.102. The van der Waals surface area contributed by atoms with Gasteiger partial charge in [-0.1, -0.05) is 29.8 Å². The number of aromatic nitrogens is 4. The quantitative estimate of drug-likeness (QED) is 0.482. The molecular formula is C22H18ClN5O2. The van der Waals surface area contributed by atoms with Crippen LogP contribution in [0.3, 0.4) is 0 Å². The molecular weight excluding hydrogens is 402 g/mol. The van der Waals surface area contributed by atoms with Gasteiger partial charge in [0.15, 0.2) is 5.82 Å². The average molecular weight is 420 g/mol. The Kier molecular flexibility index (Phi) is 5.45. The van der Waals surface area contributed by atoms with E-state index < -0.39 is 0 Å². The minimum Gasteiger partial charge on any atom is -0.331 e. The molecule has 0 unspecified atom stereocenters. The highest BCUT2D eigenvalue weighted by atomic mass is 35.5. The molecule has 150 valence electrons. The third-order valence-corrected chi connectivity index (χ3v) is 4.98. The maximum atomic E-state index is 12.5. The van der Waals surface area contributed by atoms with Gasteiger partial charge in [-0.15, -0.1) is 0 Å². The summed E-state index contributed by atoms with van der Waals surface area (Å²) in [6.07, 6.45) is 6.46. The highest BCUT2D eigenvalue weighted by Gasteiger charge is 2.14. The van der Waals surface area contributed by atoms with E-state index >= 15 is 0 Å². The monoisotopic (exact) mass is 419 g/mol. The Morgan fingerprint density at radius 2 is 1.83 bits per heavy atom. The van der Waals surface area contributed by atoms with Crippen LogP contribution in [0.4, 0.5) is 5.69 Å². The van der Waals surface area contributed by atoms with Crippen LogP contribution in [0.2, 0.25) is 5.02 Å². The first-order chi connectivity index (χ1) is 14.5. The zero-order valence-corrected chi connectivity index (χ0v) is 16.9. The zero-order chi connectivity index (χ0) is 21.1. The van der Waals surface area contributed by atoms with Crippen LogP contribution in [-0.2, 0) is 13.6 Å². The molecule has 1 N–H and O–H groups in total. The summed E-state index contributed by atoms with van der Waals surface area (Å²) in [4.78, 5) is 29.1. The maximum absolute atomic E-state index is 12.5. The van der Waals surface area contributed by atoms with Crippen molar-refractivity contribution in [3.05, 3.63) is 101 Å². The van der Waals surface area contributed by atoms with Gasteiger partial charge in [0.1, 0.15) is 0 Å². The molecule has 2 aromatic heterocycles. The molecule has 8 heteroatoms. The van der Waals surface area contributed by atoms with Crippen LogP contribution in [0, 0.1) is 0 Å². The number of anilines is 1. The molecule has 0 fully saturated rings. The van der Waals surface area contributed by atoms with Gasteiger partial charge >= 0.3 is 0 Å². The van der Waals surface area contributed by atoms with Crippen molar-refractivity contribution in [2.24, 2.45) is 7.05 Å². The number of amides is 1. The van der Waals surface area contributed by atoms with E-state index in [0.29, 0.717) is 34.2 Å². The third-order valence-electron chi connectivity index (χ3n) is 4.61. The van der Waals surface area contributed by atoms with Crippen molar-refractivity contribution in [2.45, 2.75) is 6.54 Å². The molecule has 0 saturated heterocycles. The van der Waals surface area contributed by atoms with Gasteiger partial charge in [-0.3, -0.25) is 14.3 Å². The van der Waals surface area contributed by atoms with Crippen LogP contribution >= 0.6 is 11.6 Å². The lowest BCUT2D eigenvalue weighted by Crippen LogP contribution is -2.12. The van der Waals surface area contributed by atoms with E-state index in [4.69, 9.17) is 11.6 Å². The standard InChI is InChI=1S/C22H18ClN5O2/c1-27-11-10-24-21(27)20(29)15-6-8-18(9-7-15)26-22(30)17-12-25-28(14-17)13-16-4-2-3-5-19(16)23/h2-12,14H,13H2,1H3,(H,26,30). The summed E-state index contributed by atoms with van der Waals surface area (Å²) < 4.78 is 3.32. The molecule has 0 radical (unpaired) electrons. The van der Waals surface area contributed by atoms with Crippen molar-refractivity contribution in [3.8, 4) is 0 Å². The van der Waals surface area contributed by atoms with Crippen LogP contribution in [0.15, 0.2) is 73.3 Å². The van der Waals surface area contributed by atoms with Crippen LogP contribution in [0.25, 0.3) is 0 Å². The summed E-state index contributed by atoms with van der Waals surface area (Å²) in [6, 6.07) is 14.2. The van der Waals surface area contributed by atoms with Crippen molar-refractivity contribution in [1.82, 2.24) is 19.3 Å². The molecule has 0 atom stereocenters. The topological polar surface area (TPSA) is 81.8 Å². The minimum absolute atomic E-state index is 0.179. The van der Waals surface area contributed by atoms with Gasteiger partial charge in [0.2, 0.25) is 5.78 Å². The zero-order valence-electron chi connectivity index (χ0n) is 16.1. The van der Waals surface area contributed by atoms with Crippen LogP contribution in [-0.4, -0.2) is 31.0 Å². The van der Waals surface area contributed by atoms with Gasteiger partial charge in [-0.2, -0.15) is 5.10 Å². The number of hydrogen-bond donors (Lipinski definition) is 1. The van der Waals surface area contributed by atoms with Gasteiger partial charge in [0.25, 0.3) is 5.91 Å². The van der Waals surface area contributed by atoms with Crippen LogP contribution in [0.1, 0.15) is 32.1 Å². The van der Waals surface area contributed by atoms with Crippen molar-refractivity contribution in [3.63, 3.8) is 0 Å². The second-order valence-corrected chi connectivity index (χ2v) is 7.15. The molecule has 0 saturated carbocycles. The van der Waals surface area contributed by atoms with E-state index in [9.17, 15) is 9.59 Å². The molecule has 0 bridgehead atoms. The summed E-state index contributed by atoms with van der Waals surface area (Å²) in [5.41, 5.74) is 2.42. The molecule has 4 aromatic rings. The number of carbonyl (C=O) groups excluding carboxylic acids is 2. The van der Waals surface area contributed by atoms with E-state index in [1.165, 1.54) is 6.20 Å². The Hall–Kier alpha value is -3.71. The summed E-state index contributed by atoms with van der Waals surface area (Å²) in [5.74, 6) is -0.109. The molecule has 0 aliphatic rings. The van der Waals surface area contributed by atoms with Gasteiger partial charge < -0.3 is 9.88 Å². The smallest absolute Gasteiger partial charge is 0.258 e. The predicted molar refractivity (Wildman–Crippen MR) is 114 cm³/mol. The van der Waals surface area contributed by atoms with Gasteiger partial charge in [0.05, 0.1) is 18.3 Å². The molecule has 30 heavy (non-hydrogen) atoms. The van der Waals surface area contributed by atoms with Gasteiger partial charge in [0, 0.05) is 41.9 Å². The molecule has 2 aromatic carbocycles. The molecule has 4 rings (SSSR count). The summed E-state index contributed by atoms with van der Waals surface area (Å²) in [5, 5.41) is 7.69. The largest absolute Gasteiger partial charge is 0.331 e. The summed E-state index contributed by atoms with van der Waals surface area (Å²) in [6.45, 7) is 0.469. The number of imidazole rings is 1. The van der Waals surface area contributed by atoms with Crippen molar-refractivity contribution in [1.29, 1.82) is 0 Å². The van der Waals surface area contributed by atoms with Crippen molar-refractivity contribution >= 4 is 29.0 Å². The van der Waals surface area contributed by atoms with E-state index in [1.807, 2.05) is 24.3 Å². The first kappa shape index (κ1) is 19.6. The van der Waals surface area contributed by atoms with E-state index in [-0.39, 0.29) is 11.7 Å². The van der Waals surface area contributed by atoms with Crippen LogP contribution < -0.4 is 5.32 Å². The van der Waals surface area contributed by atoms with Crippen molar-refractivity contribution < 1.29 is 9.59 Å². The lowest BCUT2D eigenvalue weighted by Gasteiger charge is -2.06. The summed E-state index contributed by atoms with van der Waals surface area (Å²) >= 11 is 6.18. The first-order valence-electron chi connectivity index (χ1n) is 9.20. The highest BCUT2D eigenvalue weighted by Crippen LogP contribution is 2.17. The average Bonchev–Trinajstić information content (AvgIpc) is 3.39. The third kappa shape index (κ3) is 4.16. The Morgan fingerprint density at radius 1 is 1.07 bits per heavy atom. The van der Waals surface area contributed by atoms with E-state index in [0.717, 1.165) is 5.56 Å². The Labute approximate surface area is 177 Å². The SMILES string of the molecule is Cn1ccnc1C(=O)c1ccc(NC(=O)c2cnn(Cc3ccccc3Cl)c2)cc1. The molecule has 0 aliphatic heterocycles. The number of aryl methyl sites for hydroxylation is 1. The fraction of sp³-hybridized carbons (Fsp3) is 0.0909. The van der Waals surface area contributed by atoms with E-state index in [2.05, 4.69) is 15.4 Å². The molecule has 0 spiro atoms. The maximum Gasteiger partial charge on any atom is 0.258 e. The number of ketones is 1. The molecule has 0 aliphatic carbocycles. The molecule has 2 heterocycles. The van der Waals surface area contributed by atoms with Crippen LogP contribution in [0.5, 0.6) is 0 Å². The predicted octanol–water partition coefficient (Wildman–Crippen LogP) is 3.80. The normalized spacial score (nSPS) is 10.7. The Bertz CT molecular complexity index is 1210. The number of benzene rings is 2. The molecule has 1 amide bonds. The minimum atomic E-state index is -0.288. The fourth-order valence-electron chi connectivity index (χ4n) is 2.99. The lowest BCUT2D eigenvalue weighted by atomic mass is 10.1. The Morgan fingerprint density at radius 3 is 2.53 bits per heavy atom. The second kappa shape index (κ2) is 8.34. The number of nitrogens with one attached hydrogen (secondary N) is 1. The first-order valence-corrected chi connectivity index (χ1v) is 9.58. The second-order valence-electron chi connectivity index (χ2n) is 6.74. The van der Waals surface area contributed by atoms with Gasteiger partial charge in [-0.05, 0) is 35.9 Å². The van der Waals surface area contributed by atoms with Crippen molar-refractivity contribution in [2.75, 3.05) is 5.32 Å².